The Kier molecular flexibility index (Phi) is 6.55. The predicted molar refractivity (Wildman–Crippen MR) is 126 cm³/mol. The third-order valence-corrected chi connectivity index (χ3v) is 5.46. The van der Waals surface area contributed by atoms with Gasteiger partial charge in [0.15, 0.2) is 0 Å². The van der Waals surface area contributed by atoms with E-state index in [1.807, 2.05) is 44.8 Å². The Hall–Kier alpha value is -3.59. The molecule has 0 bridgehead atoms. The van der Waals surface area contributed by atoms with Crippen LogP contribution in [0.1, 0.15) is 33.1 Å². The Balaban J connectivity index is 1.66. The molecule has 3 aromatic heterocycles. The highest BCUT2D eigenvalue weighted by atomic mass is 16.5. The van der Waals surface area contributed by atoms with Gasteiger partial charge in [0.05, 0.1) is 24.6 Å². The molecule has 32 heavy (non-hydrogen) atoms. The van der Waals surface area contributed by atoms with Crippen LogP contribution >= 0.6 is 0 Å². The smallest absolute Gasteiger partial charge is 0.231 e. The molecule has 164 valence electrons. The number of hydrogen-bond acceptors (Lipinski definition) is 4. The monoisotopic (exact) mass is 427 g/mol. The van der Waals surface area contributed by atoms with E-state index in [4.69, 9.17) is 9.72 Å². The fraction of sp³-hybridized carbons (Fsp3) is 0.346. The summed E-state index contributed by atoms with van der Waals surface area (Å²) in [6.07, 6.45) is 11.1. The van der Waals surface area contributed by atoms with Crippen molar-refractivity contribution in [2.24, 2.45) is 20.0 Å². The number of nitrogens with zero attached hydrogens (tertiary/aromatic N) is 5. The van der Waals surface area contributed by atoms with Gasteiger partial charge >= 0.3 is 0 Å². The van der Waals surface area contributed by atoms with E-state index in [1.54, 1.807) is 15.6 Å². The first-order valence-electron chi connectivity index (χ1n) is 11.1. The topological polar surface area (TPSA) is 57.8 Å². The molecule has 3 heterocycles. The fourth-order valence-electron chi connectivity index (χ4n) is 3.62. The Morgan fingerprint density at radius 1 is 0.969 bits per heavy atom. The minimum Gasteiger partial charge on any atom is -0.476 e. The van der Waals surface area contributed by atoms with E-state index in [2.05, 4.69) is 48.3 Å². The van der Waals surface area contributed by atoms with E-state index in [0.29, 0.717) is 24.1 Å². The summed E-state index contributed by atoms with van der Waals surface area (Å²) in [5.41, 5.74) is 5.52. The van der Waals surface area contributed by atoms with Crippen molar-refractivity contribution < 1.29 is 4.74 Å². The summed E-state index contributed by atoms with van der Waals surface area (Å²) in [7, 11) is 3.81. The number of ether oxygens (including phenoxy) is 1. The summed E-state index contributed by atoms with van der Waals surface area (Å²) in [6.45, 7) is 5.05. The molecule has 0 amide bonds. The Morgan fingerprint density at radius 2 is 1.69 bits per heavy atom. The molecular weight excluding hydrogens is 398 g/mol. The van der Waals surface area contributed by atoms with Crippen LogP contribution in [-0.2, 0) is 14.1 Å². The van der Waals surface area contributed by atoms with Crippen LogP contribution in [-0.4, -0.2) is 31.2 Å². The molecule has 0 spiro atoms. The molecular formula is C26H29N5O. The van der Waals surface area contributed by atoms with Crippen LogP contribution in [0.25, 0.3) is 33.5 Å². The van der Waals surface area contributed by atoms with Crippen LogP contribution in [0.4, 0.5) is 0 Å². The zero-order chi connectivity index (χ0) is 22.5. The van der Waals surface area contributed by atoms with Crippen molar-refractivity contribution in [3.05, 3.63) is 61.2 Å². The molecule has 0 fully saturated rings. The minimum absolute atomic E-state index is 0.458. The lowest BCUT2D eigenvalue weighted by Gasteiger charge is -2.14. The molecule has 0 aliphatic heterocycles. The van der Waals surface area contributed by atoms with Crippen LogP contribution in [0.15, 0.2) is 49.1 Å². The van der Waals surface area contributed by atoms with Gasteiger partial charge in [0, 0.05) is 43.2 Å². The van der Waals surface area contributed by atoms with Gasteiger partial charge in [-0.15, -0.1) is 0 Å². The van der Waals surface area contributed by atoms with Crippen LogP contribution in [0.5, 0.6) is 5.88 Å². The quantitative estimate of drug-likeness (QED) is 0.361. The first-order valence-corrected chi connectivity index (χ1v) is 11.1. The first-order chi connectivity index (χ1) is 15.5. The molecule has 4 aromatic rings. The van der Waals surface area contributed by atoms with E-state index in [-0.39, 0.29) is 0 Å². The Morgan fingerprint density at radius 3 is 2.38 bits per heavy atom. The van der Waals surface area contributed by atoms with Crippen molar-refractivity contribution in [2.75, 3.05) is 6.61 Å². The number of hydrogen-bond donors (Lipinski definition) is 0. The van der Waals surface area contributed by atoms with Crippen molar-refractivity contribution in [1.29, 1.82) is 0 Å². The maximum Gasteiger partial charge on any atom is 0.231 e. The molecule has 0 saturated heterocycles. The maximum absolute atomic E-state index is 6.23. The molecule has 4 rings (SSSR count). The summed E-state index contributed by atoms with van der Waals surface area (Å²) in [5.74, 6) is 1.03. The van der Waals surface area contributed by atoms with Gasteiger partial charge < -0.3 is 4.74 Å². The lowest BCUT2D eigenvalue weighted by atomic mass is 10.0. The third-order valence-electron chi connectivity index (χ3n) is 5.46. The average molecular weight is 428 g/mol. The second-order valence-corrected chi connectivity index (χ2v) is 8.34. The molecule has 1 atom stereocenters. The van der Waals surface area contributed by atoms with E-state index in [1.165, 1.54) is 12.8 Å². The Labute approximate surface area is 189 Å². The fourth-order valence-corrected chi connectivity index (χ4v) is 3.62. The zero-order valence-corrected chi connectivity index (χ0v) is 19.2. The SMILES string of the molecule is CCCCC(C)COc1nc(-c2cccc(-c3cnn(C)c3)c2)c#cc1-c1cnn(C)c1. The van der Waals surface area contributed by atoms with E-state index in [9.17, 15) is 0 Å². The first kappa shape index (κ1) is 21.6. The number of benzene rings is 1. The normalized spacial score (nSPS) is 11.9. The standard InChI is InChI=1S/C26H29N5O/c1-5-6-8-19(2)18-32-26-24(23-15-28-31(4)17-23)11-12-25(29-26)21-10-7-9-20(13-21)22-14-27-30(3)16-22/h7,9-10,13-17,19H,5-6,8,18H2,1-4H3. The van der Waals surface area contributed by atoms with Gasteiger partial charge in [-0.1, -0.05) is 51.0 Å². The van der Waals surface area contributed by atoms with Crippen molar-refractivity contribution in [3.8, 4) is 39.4 Å². The van der Waals surface area contributed by atoms with Gasteiger partial charge in [0.1, 0.15) is 5.69 Å². The van der Waals surface area contributed by atoms with Gasteiger partial charge in [-0.2, -0.15) is 10.2 Å². The van der Waals surface area contributed by atoms with Gasteiger partial charge in [-0.25, -0.2) is 4.98 Å². The highest BCUT2D eigenvalue weighted by Crippen LogP contribution is 2.30. The van der Waals surface area contributed by atoms with Crippen molar-refractivity contribution in [1.82, 2.24) is 24.5 Å². The molecule has 0 aliphatic rings. The van der Waals surface area contributed by atoms with Crippen molar-refractivity contribution >= 4 is 0 Å². The summed E-state index contributed by atoms with van der Waals surface area (Å²) in [6, 6.07) is 14.7. The number of aryl methyl sites for hydroxylation is 2. The largest absolute Gasteiger partial charge is 0.476 e. The van der Waals surface area contributed by atoms with Crippen LogP contribution in [0, 0.1) is 18.1 Å². The van der Waals surface area contributed by atoms with Crippen LogP contribution in [0.2, 0.25) is 0 Å². The highest BCUT2D eigenvalue weighted by Gasteiger charge is 2.14. The summed E-state index contributed by atoms with van der Waals surface area (Å²) in [5, 5.41) is 8.57. The number of unbranched alkanes of at least 4 members (excludes halogenated alkanes) is 1. The Bertz CT molecular complexity index is 1180. The molecule has 6 nitrogen and oxygen atoms in total. The second-order valence-electron chi connectivity index (χ2n) is 8.34. The lowest BCUT2D eigenvalue weighted by Crippen LogP contribution is -2.10. The summed E-state index contributed by atoms with van der Waals surface area (Å²) in [4.78, 5) is 4.85. The van der Waals surface area contributed by atoms with E-state index >= 15 is 0 Å². The zero-order valence-electron chi connectivity index (χ0n) is 19.2. The van der Waals surface area contributed by atoms with Gasteiger partial charge in [-0.05, 0) is 30.0 Å². The molecule has 0 aliphatic carbocycles. The molecule has 0 radical (unpaired) electrons. The van der Waals surface area contributed by atoms with Crippen LogP contribution < -0.4 is 4.74 Å². The van der Waals surface area contributed by atoms with E-state index in [0.717, 1.165) is 34.2 Å². The van der Waals surface area contributed by atoms with Crippen molar-refractivity contribution in [2.45, 2.75) is 33.1 Å². The lowest BCUT2D eigenvalue weighted by molar-refractivity contribution is 0.243. The minimum atomic E-state index is 0.458. The van der Waals surface area contributed by atoms with Crippen LogP contribution in [0.3, 0.4) is 0 Å². The van der Waals surface area contributed by atoms with Gasteiger partial charge in [0.2, 0.25) is 5.88 Å². The van der Waals surface area contributed by atoms with Gasteiger partial charge in [0.25, 0.3) is 0 Å². The molecule has 1 aromatic carbocycles. The molecule has 0 saturated carbocycles. The third kappa shape index (κ3) is 5.00. The summed E-state index contributed by atoms with van der Waals surface area (Å²) >= 11 is 0. The molecule has 0 N–H and O–H groups in total. The summed E-state index contributed by atoms with van der Waals surface area (Å²) < 4.78 is 9.79. The number of aromatic nitrogens is 5. The number of rotatable bonds is 9. The van der Waals surface area contributed by atoms with Crippen molar-refractivity contribution in [3.63, 3.8) is 0 Å². The molecule has 6 heteroatoms. The molecule has 1 unspecified atom stereocenters. The highest BCUT2D eigenvalue weighted by molar-refractivity contribution is 5.72. The van der Waals surface area contributed by atoms with Gasteiger partial charge in [-0.3, -0.25) is 9.36 Å². The predicted octanol–water partition coefficient (Wildman–Crippen LogP) is 5.36. The second kappa shape index (κ2) is 9.69. The van der Waals surface area contributed by atoms with E-state index < -0.39 is 0 Å². The maximum atomic E-state index is 6.23. The average Bonchev–Trinajstić information content (AvgIpc) is 3.44.